The SMILES string of the molecule is CCCNC(Cc1nccn1CC)C(C)(C)CC. The second-order valence-electron chi connectivity index (χ2n) is 5.68. The average molecular weight is 251 g/mol. The summed E-state index contributed by atoms with van der Waals surface area (Å²) in [6.45, 7) is 13.4. The predicted octanol–water partition coefficient (Wildman–Crippen LogP) is 3.25. The molecular formula is C15H29N3. The number of hydrogen-bond acceptors (Lipinski definition) is 2. The molecule has 1 aromatic rings. The molecule has 0 aliphatic rings. The van der Waals surface area contributed by atoms with Crippen LogP contribution in [-0.2, 0) is 13.0 Å². The molecule has 0 radical (unpaired) electrons. The van der Waals surface area contributed by atoms with Crippen molar-refractivity contribution in [3.8, 4) is 0 Å². The minimum atomic E-state index is 0.305. The molecule has 104 valence electrons. The number of imidazole rings is 1. The largest absolute Gasteiger partial charge is 0.335 e. The number of nitrogens with one attached hydrogen (secondary N) is 1. The highest BCUT2D eigenvalue weighted by Gasteiger charge is 2.28. The first-order valence-electron chi connectivity index (χ1n) is 7.28. The summed E-state index contributed by atoms with van der Waals surface area (Å²) < 4.78 is 2.24. The molecule has 3 nitrogen and oxygen atoms in total. The van der Waals surface area contributed by atoms with Crippen molar-refractivity contribution in [2.24, 2.45) is 5.41 Å². The van der Waals surface area contributed by atoms with E-state index in [-0.39, 0.29) is 0 Å². The number of hydrogen-bond donors (Lipinski definition) is 1. The Bertz CT molecular complexity index is 341. The van der Waals surface area contributed by atoms with Gasteiger partial charge in [-0.3, -0.25) is 0 Å². The summed E-state index contributed by atoms with van der Waals surface area (Å²) in [4.78, 5) is 4.51. The van der Waals surface area contributed by atoms with Crippen LogP contribution in [0.25, 0.3) is 0 Å². The minimum Gasteiger partial charge on any atom is -0.335 e. The van der Waals surface area contributed by atoms with Crippen molar-refractivity contribution >= 4 is 0 Å². The topological polar surface area (TPSA) is 29.9 Å². The number of rotatable bonds is 8. The van der Waals surface area contributed by atoms with Crippen LogP contribution >= 0.6 is 0 Å². The average Bonchev–Trinajstić information content (AvgIpc) is 2.81. The molecule has 1 rings (SSSR count). The van der Waals surface area contributed by atoms with Crippen molar-refractivity contribution in [1.82, 2.24) is 14.9 Å². The van der Waals surface area contributed by atoms with E-state index in [9.17, 15) is 0 Å². The fourth-order valence-electron chi connectivity index (χ4n) is 2.19. The summed E-state index contributed by atoms with van der Waals surface area (Å²) in [7, 11) is 0. The van der Waals surface area contributed by atoms with Gasteiger partial charge in [0.1, 0.15) is 5.82 Å². The Balaban J connectivity index is 2.78. The lowest BCUT2D eigenvalue weighted by atomic mass is 9.80. The van der Waals surface area contributed by atoms with Gasteiger partial charge in [-0.25, -0.2) is 4.98 Å². The molecule has 0 saturated heterocycles. The van der Waals surface area contributed by atoms with Crippen LogP contribution in [0, 0.1) is 5.41 Å². The van der Waals surface area contributed by atoms with Crippen LogP contribution in [0.15, 0.2) is 12.4 Å². The molecule has 1 aromatic heterocycles. The first-order valence-corrected chi connectivity index (χ1v) is 7.28. The Morgan fingerprint density at radius 1 is 1.33 bits per heavy atom. The fraction of sp³-hybridized carbons (Fsp3) is 0.800. The van der Waals surface area contributed by atoms with Gasteiger partial charge in [0.2, 0.25) is 0 Å². The van der Waals surface area contributed by atoms with Crippen LogP contribution in [0.5, 0.6) is 0 Å². The number of aryl methyl sites for hydroxylation is 1. The van der Waals surface area contributed by atoms with Gasteiger partial charge in [0.05, 0.1) is 0 Å². The van der Waals surface area contributed by atoms with E-state index in [4.69, 9.17) is 0 Å². The molecule has 18 heavy (non-hydrogen) atoms. The van der Waals surface area contributed by atoms with Gasteiger partial charge in [0, 0.05) is 31.4 Å². The minimum absolute atomic E-state index is 0.305. The molecule has 3 heteroatoms. The molecule has 0 fully saturated rings. The Labute approximate surface area is 112 Å². The van der Waals surface area contributed by atoms with Crippen LogP contribution in [0.1, 0.15) is 53.3 Å². The zero-order chi connectivity index (χ0) is 13.6. The maximum Gasteiger partial charge on any atom is 0.110 e. The van der Waals surface area contributed by atoms with Crippen LogP contribution in [0.2, 0.25) is 0 Å². The molecule has 0 aromatic carbocycles. The zero-order valence-corrected chi connectivity index (χ0v) is 12.7. The maximum absolute atomic E-state index is 4.51. The van der Waals surface area contributed by atoms with Crippen LogP contribution < -0.4 is 5.32 Å². The highest BCUT2D eigenvalue weighted by molar-refractivity contribution is 4.98. The van der Waals surface area contributed by atoms with Crippen molar-refractivity contribution in [2.45, 2.75) is 66.5 Å². The van der Waals surface area contributed by atoms with Gasteiger partial charge in [-0.1, -0.05) is 27.7 Å². The van der Waals surface area contributed by atoms with Gasteiger partial charge in [0.15, 0.2) is 0 Å². The summed E-state index contributed by atoms with van der Waals surface area (Å²) >= 11 is 0. The van der Waals surface area contributed by atoms with E-state index in [0.717, 1.165) is 19.5 Å². The second kappa shape index (κ2) is 6.93. The Morgan fingerprint density at radius 2 is 2.06 bits per heavy atom. The molecule has 0 aliphatic heterocycles. The lowest BCUT2D eigenvalue weighted by molar-refractivity contribution is 0.226. The standard InChI is InChI=1S/C15H29N3/c1-6-9-16-13(15(4,5)7-2)12-14-17-10-11-18(14)8-3/h10-11,13,16H,6-9,12H2,1-5H3. The number of nitrogens with zero attached hydrogens (tertiary/aromatic N) is 2. The van der Waals surface area contributed by atoms with Gasteiger partial charge in [-0.2, -0.15) is 0 Å². The van der Waals surface area contributed by atoms with Crippen LogP contribution in [-0.4, -0.2) is 22.1 Å². The van der Waals surface area contributed by atoms with Crippen molar-refractivity contribution in [3.63, 3.8) is 0 Å². The van der Waals surface area contributed by atoms with Crippen molar-refractivity contribution in [1.29, 1.82) is 0 Å². The first kappa shape index (κ1) is 15.2. The van der Waals surface area contributed by atoms with Gasteiger partial charge in [-0.15, -0.1) is 0 Å². The van der Waals surface area contributed by atoms with E-state index < -0.39 is 0 Å². The maximum atomic E-state index is 4.51. The van der Waals surface area contributed by atoms with Crippen molar-refractivity contribution < 1.29 is 0 Å². The zero-order valence-electron chi connectivity index (χ0n) is 12.7. The van der Waals surface area contributed by atoms with E-state index in [0.29, 0.717) is 11.5 Å². The molecule has 1 N–H and O–H groups in total. The van der Waals surface area contributed by atoms with Gasteiger partial charge < -0.3 is 9.88 Å². The molecular weight excluding hydrogens is 222 g/mol. The van der Waals surface area contributed by atoms with Gasteiger partial charge in [0.25, 0.3) is 0 Å². The lowest BCUT2D eigenvalue weighted by Gasteiger charge is -2.34. The third kappa shape index (κ3) is 3.84. The molecule has 0 amide bonds. The summed E-state index contributed by atoms with van der Waals surface area (Å²) in [6.07, 6.45) is 7.36. The van der Waals surface area contributed by atoms with E-state index >= 15 is 0 Å². The normalized spacial score (nSPS) is 13.8. The molecule has 1 atom stereocenters. The molecule has 0 aliphatic carbocycles. The lowest BCUT2D eigenvalue weighted by Crippen LogP contribution is -2.44. The third-order valence-electron chi connectivity index (χ3n) is 4.02. The van der Waals surface area contributed by atoms with E-state index in [2.05, 4.69) is 55.7 Å². The summed E-state index contributed by atoms with van der Waals surface area (Å²) in [6, 6.07) is 0.496. The van der Waals surface area contributed by atoms with E-state index in [1.54, 1.807) is 0 Å². The third-order valence-corrected chi connectivity index (χ3v) is 4.02. The molecule has 1 heterocycles. The first-order chi connectivity index (χ1) is 8.55. The predicted molar refractivity (Wildman–Crippen MR) is 77.8 cm³/mol. The fourth-order valence-corrected chi connectivity index (χ4v) is 2.19. The molecule has 0 bridgehead atoms. The molecule has 0 saturated carbocycles. The van der Waals surface area contributed by atoms with E-state index in [1.807, 2.05) is 6.20 Å². The Morgan fingerprint density at radius 3 is 2.61 bits per heavy atom. The quantitative estimate of drug-likeness (QED) is 0.768. The molecule has 1 unspecified atom stereocenters. The second-order valence-corrected chi connectivity index (χ2v) is 5.68. The van der Waals surface area contributed by atoms with E-state index in [1.165, 1.54) is 18.7 Å². The van der Waals surface area contributed by atoms with Crippen LogP contribution in [0.4, 0.5) is 0 Å². The Kier molecular flexibility index (Phi) is 5.86. The smallest absolute Gasteiger partial charge is 0.110 e. The highest BCUT2D eigenvalue weighted by Crippen LogP contribution is 2.27. The van der Waals surface area contributed by atoms with Gasteiger partial charge in [-0.05, 0) is 31.7 Å². The highest BCUT2D eigenvalue weighted by atomic mass is 15.1. The van der Waals surface area contributed by atoms with Crippen LogP contribution in [0.3, 0.4) is 0 Å². The van der Waals surface area contributed by atoms with Crippen molar-refractivity contribution in [3.05, 3.63) is 18.2 Å². The Hall–Kier alpha value is -0.830. The van der Waals surface area contributed by atoms with Crippen molar-refractivity contribution in [2.75, 3.05) is 6.54 Å². The number of aromatic nitrogens is 2. The summed E-state index contributed by atoms with van der Waals surface area (Å²) in [5.74, 6) is 1.20. The molecule has 0 spiro atoms. The summed E-state index contributed by atoms with van der Waals surface area (Å²) in [5, 5.41) is 3.70. The van der Waals surface area contributed by atoms with Gasteiger partial charge >= 0.3 is 0 Å². The summed E-state index contributed by atoms with van der Waals surface area (Å²) in [5.41, 5.74) is 0.305. The monoisotopic (exact) mass is 251 g/mol.